The van der Waals surface area contributed by atoms with E-state index in [0.717, 1.165) is 39.0 Å². The Morgan fingerprint density at radius 1 is 1.36 bits per heavy atom. The third kappa shape index (κ3) is 1.91. The van der Waals surface area contributed by atoms with E-state index in [-0.39, 0.29) is 5.92 Å². The lowest BCUT2D eigenvalue weighted by molar-refractivity contribution is -0.144. The summed E-state index contributed by atoms with van der Waals surface area (Å²) in [5, 5.41) is 8.96. The number of fused-ring (bicyclic) bond motifs is 1. The van der Waals surface area contributed by atoms with Gasteiger partial charge in [0.2, 0.25) is 0 Å². The molecule has 2 rings (SSSR count). The number of piperidine rings is 1. The second-order valence-electron chi connectivity index (χ2n) is 4.51. The number of hydrogen-bond donors (Lipinski definition) is 1. The summed E-state index contributed by atoms with van der Waals surface area (Å²) >= 11 is 0. The zero-order chi connectivity index (χ0) is 10.1. The largest absolute Gasteiger partial charge is 0.481 e. The molecule has 14 heavy (non-hydrogen) atoms. The molecule has 0 amide bonds. The van der Waals surface area contributed by atoms with Crippen molar-refractivity contribution in [1.82, 2.24) is 9.80 Å². The highest BCUT2D eigenvalue weighted by Gasteiger charge is 2.34. The van der Waals surface area contributed by atoms with Crippen molar-refractivity contribution in [1.29, 1.82) is 0 Å². The number of piperazine rings is 1. The van der Waals surface area contributed by atoms with E-state index in [9.17, 15) is 4.79 Å². The number of carboxylic acids is 1. The van der Waals surface area contributed by atoms with Crippen molar-refractivity contribution in [3.8, 4) is 0 Å². The molecule has 0 bridgehead atoms. The fourth-order valence-electron chi connectivity index (χ4n) is 2.56. The zero-order valence-corrected chi connectivity index (χ0v) is 8.65. The smallest absolute Gasteiger partial charge is 0.306 e. The molecule has 0 spiro atoms. The maximum Gasteiger partial charge on any atom is 0.306 e. The van der Waals surface area contributed by atoms with E-state index in [1.165, 1.54) is 0 Å². The molecular formula is C10H18N2O2. The van der Waals surface area contributed by atoms with Crippen LogP contribution >= 0.6 is 0 Å². The number of carboxylic acid groups (broad SMARTS) is 1. The molecule has 4 heteroatoms. The Morgan fingerprint density at radius 3 is 2.86 bits per heavy atom. The Hall–Kier alpha value is -0.610. The minimum absolute atomic E-state index is 0.109. The number of nitrogens with zero attached hydrogens (tertiary/aromatic N) is 2. The number of rotatable bonds is 1. The molecule has 80 valence electrons. The fraction of sp³-hybridized carbons (Fsp3) is 0.900. The summed E-state index contributed by atoms with van der Waals surface area (Å²) in [5.41, 5.74) is 0. The summed E-state index contributed by atoms with van der Waals surface area (Å²) < 4.78 is 0. The Morgan fingerprint density at radius 2 is 2.14 bits per heavy atom. The van der Waals surface area contributed by atoms with Crippen LogP contribution < -0.4 is 0 Å². The van der Waals surface area contributed by atoms with Gasteiger partial charge >= 0.3 is 5.97 Å². The van der Waals surface area contributed by atoms with Crippen LogP contribution in [-0.2, 0) is 4.79 Å². The first-order valence-corrected chi connectivity index (χ1v) is 5.32. The van der Waals surface area contributed by atoms with Gasteiger partial charge in [0.1, 0.15) is 0 Å². The number of aliphatic carboxylic acids is 1. The van der Waals surface area contributed by atoms with Gasteiger partial charge in [0.05, 0.1) is 5.92 Å². The molecule has 0 aromatic heterocycles. The van der Waals surface area contributed by atoms with E-state index < -0.39 is 5.97 Å². The SMILES string of the molecule is CN1CCN2CCC(C(=O)O)CC2C1. The zero-order valence-electron chi connectivity index (χ0n) is 8.65. The molecule has 0 aliphatic carbocycles. The van der Waals surface area contributed by atoms with Crippen LogP contribution in [0.3, 0.4) is 0 Å². The summed E-state index contributed by atoms with van der Waals surface area (Å²) in [5.74, 6) is -0.722. The van der Waals surface area contributed by atoms with E-state index in [1.807, 2.05) is 0 Å². The highest BCUT2D eigenvalue weighted by molar-refractivity contribution is 5.70. The van der Waals surface area contributed by atoms with Crippen LogP contribution in [0.2, 0.25) is 0 Å². The van der Waals surface area contributed by atoms with Crippen LogP contribution in [0.1, 0.15) is 12.8 Å². The average Bonchev–Trinajstić information content (AvgIpc) is 2.16. The lowest BCUT2D eigenvalue weighted by Crippen LogP contribution is -2.55. The molecule has 4 nitrogen and oxygen atoms in total. The van der Waals surface area contributed by atoms with Gasteiger partial charge in [-0.2, -0.15) is 0 Å². The van der Waals surface area contributed by atoms with Crippen LogP contribution in [-0.4, -0.2) is 60.1 Å². The molecule has 0 aromatic carbocycles. The second kappa shape index (κ2) is 3.87. The third-order valence-electron chi connectivity index (χ3n) is 3.48. The maximum absolute atomic E-state index is 10.9. The fourth-order valence-corrected chi connectivity index (χ4v) is 2.56. The molecule has 1 N–H and O–H groups in total. The monoisotopic (exact) mass is 198 g/mol. The summed E-state index contributed by atoms with van der Waals surface area (Å²) in [7, 11) is 2.11. The summed E-state index contributed by atoms with van der Waals surface area (Å²) in [6, 6.07) is 0.476. The molecular weight excluding hydrogens is 180 g/mol. The molecule has 2 atom stereocenters. The quantitative estimate of drug-likeness (QED) is 0.649. The van der Waals surface area contributed by atoms with Crippen molar-refractivity contribution in [3.05, 3.63) is 0 Å². The summed E-state index contributed by atoms with van der Waals surface area (Å²) in [6.07, 6.45) is 1.66. The first-order chi connectivity index (χ1) is 6.66. The molecule has 0 aromatic rings. The van der Waals surface area contributed by atoms with Crippen LogP contribution in [0, 0.1) is 5.92 Å². The van der Waals surface area contributed by atoms with Crippen molar-refractivity contribution in [2.24, 2.45) is 5.92 Å². The Labute approximate surface area is 84.5 Å². The predicted molar refractivity (Wildman–Crippen MR) is 53.2 cm³/mol. The van der Waals surface area contributed by atoms with Gasteiger partial charge in [-0.3, -0.25) is 9.69 Å². The van der Waals surface area contributed by atoms with Crippen LogP contribution in [0.15, 0.2) is 0 Å². The van der Waals surface area contributed by atoms with E-state index >= 15 is 0 Å². The van der Waals surface area contributed by atoms with Gasteiger partial charge in [0.15, 0.2) is 0 Å². The van der Waals surface area contributed by atoms with Crippen molar-refractivity contribution in [3.63, 3.8) is 0 Å². The normalized spacial score (nSPS) is 35.2. The Kier molecular flexibility index (Phi) is 2.74. The highest BCUT2D eigenvalue weighted by Crippen LogP contribution is 2.25. The molecule has 2 saturated heterocycles. The predicted octanol–water partition coefficient (Wildman–Crippen LogP) is 0.0970. The topological polar surface area (TPSA) is 43.8 Å². The first-order valence-electron chi connectivity index (χ1n) is 5.32. The highest BCUT2D eigenvalue weighted by atomic mass is 16.4. The van der Waals surface area contributed by atoms with Crippen molar-refractivity contribution in [2.45, 2.75) is 18.9 Å². The van der Waals surface area contributed by atoms with Gasteiger partial charge in [0, 0.05) is 25.7 Å². The lowest BCUT2D eigenvalue weighted by Gasteiger charge is -2.44. The first kappa shape index (κ1) is 9.93. The van der Waals surface area contributed by atoms with E-state index in [0.29, 0.717) is 6.04 Å². The van der Waals surface area contributed by atoms with Crippen LogP contribution in [0.4, 0.5) is 0 Å². The molecule has 2 aliphatic rings. The summed E-state index contributed by atoms with van der Waals surface area (Å²) in [6.45, 7) is 4.22. The van der Waals surface area contributed by atoms with Gasteiger partial charge in [0.25, 0.3) is 0 Å². The Balaban J connectivity index is 1.96. The van der Waals surface area contributed by atoms with Crippen LogP contribution in [0.5, 0.6) is 0 Å². The molecule has 2 unspecified atom stereocenters. The van der Waals surface area contributed by atoms with Crippen molar-refractivity contribution < 1.29 is 9.90 Å². The number of carbonyl (C=O) groups is 1. The van der Waals surface area contributed by atoms with Gasteiger partial charge in [-0.1, -0.05) is 0 Å². The average molecular weight is 198 g/mol. The van der Waals surface area contributed by atoms with E-state index in [2.05, 4.69) is 16.8 Å². The van der Waals surface area contributed by atoms with Gasteiger partial charge in [-0.05, 0) is 26.4 Å². The Bertz CT molecular complexity index is 232. The molecule has 2 fully saturated rings. The number of likely N-dealkylation sites (N-methyl/N-ethyl adjacent to an activating group) is 1. The second-order valence-corrected chi connectivity index (χ2v) is 4.51. The lowest BCUT2D eigenvalue weighted by atomic mass is 9.89. The minimum Gasteiger partial charge on any atom is -0.481 e. The minimum atomic E-state index is -0.613. The third-order valence-corrected chi connectivity index (χ3v) is 3.48. The molecule has 2 heterocycles. The molecule has 0 saturated carbocycles. The van der Waals surface area contributed by atoms with E-state index in [4.69, 9.17) is 5.11 Å². The van der Waals surface area contributed by atoms with E-state index in [1.54, 1.807) is 0 Å². The molecule has 2 aliphatic heterocycles. The van der Waals surface area contributed by atoms with Crippen molar-refractivity contribution >= 4 is 5.97 Å². The summed E-state index contributed by atoms with van der Waals surface area (Å²) in [4.78, 5) is 15.6. The number of hydrogen-bond acceptors (Lipinski definition) is 3. The van der Waals surface area contributed by atoms with Gasteiger partial charge < -0.3 is 10.0 Å². The van der Waals surface area contributed by atoms with Gasteiger partial charge in [-0.15, -0.1) is 0 Å². The maximum atomic E-state index is 10.9. The standard InChI is InChI=1S/C10H18N2O2/c1-11-4-5-12-3-2-8(10(13)14)6-9(12)7-11/h8-9H,2-7H2,1H3,(H,13,14). The van der Waals surface area contributed by atoms with Crippen molar-refractivity contribution in [2.75, 3.05) is 33.2 Å². The van der Waals surface area contributed by atoms with Crippen LogP contribution in [0.25, 0.3) is 0 Å². The molecule has 0 radical (unpaired) electrons. The van der Waals surface area contributed by atoms with Gasteiger partial charge in [-0.25, -0.2) is 0 Å².